The number of unbranched alkanes of at least 4 members (excludes halogenated alkanes) is 2. The van der Waals surface area contributed by atoms with Crippen molar-refractivity contribution in [2.75, 3.05) is 32.8 Å². The van der Waals surface area contributed by atoms with Gasteiger partial charge in [-0.1, -0.05) is 32.4 Å². The highest BCUT2D eigenvalue weighted by Crippen LogP contribution is 2.13. The Balaban J connectivity index is 3.48. The zero-order valence-electron chi connectivity index (χ0n) is 46.7. The van der Waals surface area contributed by atoms with E-state index in [1.54, 1.807) is 13.8 Å². The number of carbonyl (C=O) groups excluding carboxylic acids is 10. The molecule has 0 radical (unpaired) electrons. The third-order valence-corrected chi connectivity index (χ3v) is 12.2. The molecule has 0 aromatic heterocycles. The number of primary amides is 1. The molecule has 33 nitrogen and oxygen atoms in total. The largest absolute Gasteiger partial charge is 0.508 e. The van der Waals surface area contributed by atoms with Crippen LogP contribution >= 0.6 is 0 Å². The average Bonchev–Trinajstić information content (AvgIpc) is 3.56. The van der Waals surface area contributed by atoms with E-state index in [4.69, 9.17) is 34.4 Å². The summed E-state index contributed by atoms with van der Waals surface area (Å²) < 4.78 is 0. The third kappa shape index (κ3) is 28.8. The number of nitrogens with zero attached hydrogens (tertiary/aromatic N) is 1. The van der Waals surface area contributed by atoms with Gasteiger partial charge in [-0.05, 0) is 95.0 Å². The number of benzene rings is 1. The second-order valence-corrected chi connectivity index (χ2v) is 19.8. The highest BCUT2D eigenvalue weighted by molar-refractivity contribution is 5.99. The zero-order chi connectivity index (χ0) is 62.9. The number of hydrogen-bond acceptors (Lipinski definition) is 19. The van der Waals surface area contributed by atoms with Crippen LogP contribution in [-0.2, 0) is 64.0 Å². The van der Waals surface area contributed by atoms with Crippen molar-refractivity contribution in [2.45, 2.75) is 158 Å². The first-order valence-corrected chi connectivity index (χ1v) is 26.7. The van der Waals surface area contributed by atoms with E-state index in [2.05, 4.69) is 52.8 Å². The van der Waals surface area contributed by atoms with Gasteiger partial charge in [0.15, 0.2) is 5.96 Å². The van der Waals surface area contributed by atoms with Crippen LogP contribution < -0.4 is 82.3 Å². The number of hydrogen-bond donors (Lipinski definition) is 20. The molecule has 466 valence electrons. The van der Waals surface area contributed by atoms with Crippen LogP contribution in [0.4, 0.5) is 0 Å². The molecule has 0 fully saturated rings. The van der Waals surface area contributed by atoms with Crippen LogP contribution in [0.2, 0.25) is 0 Å². The lowest BCUT2D eigenvalue weighted by Gasteiger charge is -2.28. The summed E-state index contributed by atoms with van der Waals surface area (Å²) >= 11 is 0. The third-order valence-electron chi connectivity index (χ3n) is 12.2. The first-order chi connectivity index (χ1) is 39.1. The van der Waals surface area contributed by atoms with Crippen molar-refractivity contribution in [1.82, 2.24) is 47.9 Å². The zero-order valence-corrected chi connectivity index (χ0v) is 46.7. The Morgan fingerprint density at radius 1 is 0.494 bits per heavy atom. The van der Waals surface area contributed by atoms with Gasteiger partial charge in [0, 0.05) is 13.0 Å². The van der Waals surface area contributed by atoms with E-state index in [0.717, 1.165) is 0 Å². The van der Waals surface area contributed by atoms with Crippen molar-refractivity contribution < 1.29 is 83.1 Å². The molecule has 1 aromatic rings. The summed E-state index contributed by atoms with van der Waals surface area (Å²) in [7, 11) is 0. The van der Waals surface area contributed by atoms with Gasteiger partial charge in [0.05, 0.1) is 32.1 Å². The standard InChI is InChI=1S/C50H84N16O17/c1-25(2)19-32(61-42(75)31(11-8-18-57-50(55)56)59-40(73)26(3)58-41(74)29(53)9-4-6-16-51)44(77)65-36(23-67)47(80)62-33(20-27-12-14-28(69)15-13-27)45(78)66-37(24-68)48(81)63-34(22-39(71)72)46(79)60-30(10-5-7-17-52)43(76)64-35(49(82)83)21-38(54)70/h12-15,25-26,29-37,67-69H,4-11,16-24,51-53H2,1-3H3,(H2,54,70)(H,58,74)(H,59,73)(H,60,79)(H,61,75)(H,62,80)(H,63,81)(H,64,76)(H,65,77)(H,66,78)(H,71,72)(H,82,83)(H4,55,56,57)/t26-,29-,30-,31-,32-,33-,34-,35-,36-,37-/m0/s1. The molecule has 0 spiro atoms. The Hall–Kier alpha value is -8.27. The number of nitrogens with two attached hydrogens (primary N) is 6. The number of carboxylic acid groups (broad SMARTS) is 2. The average molecular weight is 1180 g/mol. The van der Waals surface area contributed by atoms with E-state index in [0.29, 0.717) is 32.2 Å². The molecule has 0 heterocycles. The number of nitrogens with one attached hydrogen (secondary N) is 9. The van der Waals surface area contributed by atoms with Crippen molar-refractivity contribution in [2.24, 2.45) is 45.3 Å². The van der Waals surface area contributed by atoms with Crippen LogP contribution in [0.15, 0.2) is 29.3 Å². The molecular formula is C50H84N16O17. The fraction of sp³-hybridized carbons (Fsp3) is 0.620. The topological polar surface area (TPSA) is 583 Å². The molecule has 0 bridgehead atoms. The van der Waals surface area contributed by atoms with Crippen LogP contribution in [0, 0.1) is 5.92 Å². The molecule has 0 aliphatic carbocycles. The fourth-order valence-corrected chi connectivity index (χ4v) is 7.72. The number of phenols is 1. The predicted octanol–water partition coefficient (Wildman–Crippen LogP) is -7.58. The minimum Gasteiger partial charge on any atom is -0.508 e. The second kappa shape index (κ2) is 38.4. The number of guanidine groups is 1. The van der Waals surface area contributed by atoms with Gasteiger partial charge in [0.2, 0.25) is 59.1 Å². The van der Waals surface area contributed by atoms with Gasteiger partial charge in [0.25, 0.3) is 0 Å². The molecule has 0 unspecified atom stereocenters. The molecule has 26 N–H and O–H groups in total. The minimum absolute atomic E-state index is 0.0313. The number of carbonyl (C=O) groups is 12. The number of rotatable bonds is 41. The fourth-order valence-electron chi connectivity index (χ4n) is 7.72. The molecule has 33 heteroatoms. The van der Waals surface area contributed by atoms with Crippen LogP contribution in [0.5, 0.6) is 5.75 Å². The Kier molecular flexibility index (Phi) is 33.7. The Morgan fingerprint density at radius 3 is 1.40 bits per heavy atom. The number of aliphatic imine (C=N–C) groups is 1. The van der Waals surface area contributed by atoms with Crippen molar-refractivity contribution in [3.63, 3.8) is 0 Å². The van der Waals surface area contributed by atoms with Gasteiger partial charge in [-0.3, -0.25) is 57.7 Å². The van der Waals surface area contributed by atoms with Gasteiger partial charge in [0.1, 0.15) is 60.1 Å². The van der Waals surface area contributed by atoms with Gasteiger partial charge in [-0.2, -0.15) is 0 Å². The monoisotopic (exact) mass is 1180 g/mol. The molecule has 0 saturated carbocycles. The van der Waals surface area contributed by atoms with Gasteiger partial charge in [-0.25, -0.2) is 4.79 Å². The SMILES string of the molecule is CC(C)C[C@H](NC(=O)[C@H](CCCN=C(N)N)NC(=O)[C@H](C)NC(=O)[C@@H](N)CCCCN)C(=O)N[C@@H](CO)C(=O)N[C@@H](Cc1ccc(O)cc1)C(=O)N[C@@H](CO)C(=O)N[C@@H](CC(=O)O)C(=O)N[C@@H](CCCCN)C(=O)N[C@@H](CC(N)=O)C(=O)O. The van der Waals surface area contributed by atoms with E-state index in [-0.39, 0.29) is 68.4 Å². The highest BCUT2D eigenvalue weighted by atomic mass is 16.4. The number of amides is 10. The number of aliphatic hydroxyl groups is 2. The lowest BCUT2D eigenvalue weighted by atomic mass is 10.0. The van der Waals surface area contributed by atoms with E-state index < -0.39 is 164 Å². The molecule has 10 atom stereocenters. The summed E-state index contributed by atoms with van der Waals surface area (Å²) in [6.07, 6.45) is -0.608. The Labute approximate surface area is 478 Å². The number of aromatic hydroxyl groups is 1. The molecule has 10 amide bonds. The van der Waals surface area contributed by atoms with E-state index >= 15 is 0 Å². The molecule has 0 aliphatic heterocycles. The highest BCUT2D eigenvalue weighted by Gasteiger charge is 2.36. The van der Waals surface area contributed by atoms with Crippen LogP contribution in [0.3, 0.4) is 0 Å². The van der Waals surface area contributed by atoms with Crippen LogP contribution in [0.25, 0.3) is 0 Å². The predicted molar refractivity (Wildman–Crippen MR) is 296 cm³/mol. The summed E-state index contributed by atoms with van der Waals surface area (Å²) in [4.78, 5) is 162. The van der Waals surface area contributed by atoms with E-state index in [9.17, 15) is 83.1 Å². The normalized spacial score (nSPS) is 14.6. The van der Waals surface area contributed by atoms with Gasteiger partial charge >= 0.3 is 11.9 Å². The first kappa shape index (κ1) is 72.7. The maximum Gasteiger partial charge on any atom is 0.326 e. The summed E-state index contributed by atoms with van der Waals surface area (Å²) in [5, 5.41) is 70.8. The van der Waals surface area contributed by atoms with Crippen LogP contribution in [0.1, 0.15) is 97.0 Å². The second-order valence-electron chi connectivity index (χ2n) is 19.8. The van der Waals surface area contributed by atoms with Crippen LogP contribution in [-0.4, -0.2) is 196 Å². The van der Waals surface area contributed by atoms with E-state index in [1.807, 2.05) is 0 Å². The maximum atomic E-state index is 14.1. The lowest BCUT2D eigenvalue weighted by Crippen LogP contribution is -2.61. The number of aliphatic carboxylic acids is 2. The van der Waals surface area contributed by atoms with Gasteiger partial charge in [-0.15, -0.1) is 0 Å². The Bertz CT molecular complexity index is 2380. The minimum atomic E-state index is -2.02. The molecule has 83 heavy (non-hydrogen) atoms. The quantitative estimate of drug-likeness (QED) is 0.0164. The van der Waals surface area contributed by atoms with Crippen molar-refractivity contribution in [1.29, 1.82) is 0 Å². The lowest BCUT2D eigenvalue weighted by molar-refractivity contribution is -0.144. The van der Waals surface area contributed by atoms with E-state index in [1.165, 1.54) is 31.2 Å². The number of aliphatic hydroxyl groups excluding tert-OH is 2. The molecule has 1 rings (SSSR count). The maximum absolute atomic E-state index is 14.1. The summed E-state index contributed by atoms with van der Waals surface area (Å²) in [5.41, 5.74) is 33.3. The van der Waals surface area contributed by atoms with Crippen molar-refractivity contribution >= 4 is 77.0 Å². The molecule has 0 aliphatic rings. The summed E-state index contributed by atoms with van der Waals surface area (Å²) in [6, 6.07) is -10.7. The first-order valence-electron chi connectivity index (χ1n) is 26.7. The Morgan fingerprint density at radius 2 is 0.916 bits per heavy atom. The number of carboxylic acids is 2. The van der Waals surface area contributed by atoms with Crippen molar-refractivity contribution in [3.05, 3.63) is 29.8 Å². The summed E-state index contributed by atoms with van der Waals surface area (Å²) in [6.45, 7) is 3.03. The molecule has 0 saturated heterocycles. The van der Waals surface area contributed by atoms with Gasteiger partial charge < -0.3 is 108 Å². The molecule has 1 aromatic carbocycles. The van der Waals surface area contributed by atoms with Crippen molar-refractivity contribution in [3.8, 4) is 5.75 Å². The smallest absolute Gasteiger partial charge is 0.326 e. The molecular weight excluding hydrogens is 1100 g/mol. The number of phenolic OH excluding ortho intramolecular Hbond substituents is 1. The summed E-state index contributed by atoms with van der Waals surface area (Å²) in [5.74, 6) is -14.6.